The van der Waals surface area contributed by atoms with E-state index in [1.165, 1.54) is 11.3 Å². The maximum atomic E-state index is 5.14. The van der Waals surface area contributed by atoms with Crippen molar-refractivity contribution < 1.29 is 4.74 Å². The van der Waals surface area contributed by atoms with E-state index in [1.54, 1.807) is 7.11 Å². The number of rotatable bonds is 5. The second-order valence-electron chi connectivity index (χ2n) is 4.39. The number of hydrogen-bond acceptors (Lipinski definition) is 2. The van der Waals surface area contributed by atoms with Crippen molar-refractivity contribution in [3.05, 3.63) is 66.2 Å². The smallest absolute Gasteiger partial charge is 0.118 e. The molecule has 19 heavy (non-hydrogen) atoms. The number of para-hydroxylation sites is 1. The fourth-order valence-electron chi connectivity index (χ4n) is 1.85. The van der Waals surface area contributed by atoms with Gasteiger partial charge in [0, 0.05) is 19.3 Å². The van der Waals surface area contributed by atoms with Crippen LogP contribution in [0.15, 0.2) is 60.7 Å². The minimum Gasteiger partial charge on any atom is -0.497 e. The van der Waals surface area contributed by atoms with Crippen LogP contribution in [0.25, 0.3) is 6.08 Å². The van der Waals surface area contributed by atoms with Crippen LogP contribution >= 0.6 is 0 Å². The van der Waals surface area contributed by atoms with E-state index in [2.05, 4.69) is 60.5 Å². The summed E-state index contributed by atoms with van der Waals surface area (Å²) >= 11 is 0. The highest BCUT2D eigenvalue weighted by Crippen LogP contribution is 2.13. The number of methoxy groups -OCH3 is 1. The van der Waals surface area contributed by atoms with Crippen LogP contribution in [0.3, 0.4) is 0 Å². The molecule has 98 valence electrons. The summed E-state index contributed by atoms with van der Waals surface area (Å²) in [5, 5.41) is 0. The second-order valence-corrected chi connectivity index (χ2v) is 4.39. The molecule has 0 aliphatic rings. The van der Waals surface area contributed by atoms with Gasteiger partial charge in [0.2, 0.25) is 0 Å². The standard InChI is InChI=1S/C17H19NO/c1-18(16-8-4-3-5-9-16)14-6-7-15-10-12-17(19-2)13-11-15/h3-13H,14H2,1-2H3. The summed E-state index contributed by atoms with van der Waals surface area (Å²) in [6, 6.07) is 18.4. The Morgan fingerprint density at radius 2 is 1.68 bits per heavy atom. The van der Waals surface area contributed by atoms with Gasteiger partial charge >= 0.3 is 0 Å². The van der Waals surface area contributed by atoms with Crippen molar-refractivity contribution in [2.75, 3.05) is 25.6 Å². The third-order valence-electron chi connectivity index (χ3n) is 3.00. The molecule has 0 bridgehead atoms. The largest absolute Gasteiger partial charge is 0.497 e. The summed E-state index contributed by atoms with van der Waals surface area (Å²) < 4.78 is 5.14. The fourth-order valence-corrected chi connectivity index (χ4v) is 1.85. The van der Waals surface area contributed by atoms with Gasteiger partial charge in [-0.3, -0.25) is 0 Å². The minimum absolute atomic E-state index is 0.885. The van der Waals surface area contributed by atoms with Crippen LogP contribution in [0.4, 0.5) is 5.69 Å². The first-order chi connectivity index (χ1) is 9.29. The molecule has 0 N–H and O–H groups in total. The van der Waals surface area contributed by atoms with E-state index >= 15 is 0 Å². The van der Waals surface area contributed by atoms with Gasteiger partial charge in [0.25, 0.3) is 0 Å². The van der Waals surface area contributed by atoms with Crippen LogP contribution < -0.4 is 9.64 Å². The summed E-state index contributed by atoms with van der Waals surface area (Å²) in [5.41, 5.74) is 2.41. The fraction of sp³-hybridized carbons (Fsp3) is 0.176. The zero-order valence-corrected chi connectivity index (χ0v) is 11.4. The normalized spacial score (nSPS) is 10.6. The molecule has 0 fully saturated rings. The zero-order valence-electron chi connectivity index (χ0n) is 11.4. The third kappa shape index (κ3) is 3.88. The first kappa shape index (κ1) is 13.2. The first-order valence-electron chi connectivity index (χ1n) is 6.36. The van der Waals surface area contributed by atoms with Gasteiger partial charge in [-0.25, -0.2) is 0 Å². The molecule has 0 aliphatic carbocycles. The number of hydrogen-bond donors (Lipinski definition) is 0. The van der Waals surface area contributed by atoms with Gasteiger partial charge < -0.3 is 9.64 Å². The lowest BCUT2D eigenvalue weighted by Gasteiger charge is -2.16. The van der Waals surface area contributed by atoms with Crippen LogP contribution in [0, 0.1) is 0 Å². The van der Waals surface area contributed by atoms with Crippen molar-refractivity contribution in [3.8, 4) is 5.75 Å². The number of anilines is 1. The van der Waals surface area contributed by atoms with Gasteiger partial charge in [-0.05, 0) is 29.8 Å². The SMILES string of the molecule is COc1ccc(C=CCN(C)c2ccccc2)cc1. The highest BCUT2D eigenvalue weighted by molar-refractivity contribution is 5.52. The van der Waals surface area contributed by atoms with Gasteiger partial charge in [-0.1, -0.05) is 42.5 Å². The number of likely N-dealkylation sites (N-methyl/N-ethyl adjacent to an activating group) is 1. The van der Waals surface area contributed by atoms with Crippen molar-refractivity contribution >= 4 is 11.8 Å². The van der Waals surface area contributed by atoms with Crippen molar-refractivity contribution in [2.45, 2.75) is 0 Å². The Morgan fingerprint density at radius 3 is 2.32 bits per heavy atom. The molecule has 0 heterocycles. The van der Waals surface area contributed by atoms with Crippen LogP contribution in [0.5, 0.6) is 5.75 Å². The van der Waals surface area contributed by atoms with E-state index in [-0.39, 0.29) is 0 Å². The summed E-state index contributed by atoms with van der Waals surface area (Å²) in [7, 11) is 3.77. The van der Waals surface area contributed by atoms with Crippen LogP contribution in [0.2, 0.25) is 0 Å². The highest BCUT2D eigenvalue weighted by Gasteiger charge is 1.96. The predicted octanol–water partition coefficient (Wildman–Crippen LogP) is 3.84. The zero-order chi connectivity index (χ0) is 13.5. The van der Waals surface area contributed by atoms with Crippen LogP contribution in [0.1, 0.15) is 5.56 Å². The molecule has 2 nitrogen and oxygen atoms in total. The van der Waals surface area contributed by atoms with Crippen LogP contribution in [-0.2, 0) is 0 Å². The van der Waals surface area contributed by atoms with Gasteiger partial charge in [0.05, 0.1) is 7.11 Å². The maximum absolute atomic E-state index is 5.14. The van der Waals surface area contributed by atoms with Crippen LogP contribution in [-0.4, -0.2) is 20.7 Å². The Bertz CT molecular complexity index is 517. The molecule has 2 rings (SSSR count). The van der Waals surface area contributed by atoms with E-state index < -0.39 is 0 Å². The molecule has 2 aromatic carbocycles. The van der Waals surface area contributed by atoms with Gasteiger partial charge in [0.1, 0.15) is 5.75 Å². The lowest BCUT2D eigenvalue weighted by atomic mass is 10.2. The lowest BCUT2D eigenvalue weighted by Crippen LogP contribution is -2.16. The molecular weight excluding hydrogens is 234 g/mol. The van der Waals surface area contributed by atoms with E-state index in [1.807, 2.05) is 18.2 Å². The monoisotopic (exact) mass is 253 g/mol. The van der Waals surface area contributed by atoms with Crippen molar-refractivity contribution in [3.63, 3.8) is 0 Å². The Morgan fingerprint density at radius 1 is 1.00 bits per heavy atom. The average Bonchev–Trinajstić information content (AvgIpc) is 2.49. The Kier molecular flexibility index (Phi) is 4.62. The van der Waals surface area contributed by atoms with E-state index in [4.69, 9.17) is 4.74 Å². The van der Waals surface area contributed by atoms with Gasteiger partial charge in [0.15, 0.2) is 0 Å². The number of nitrogens with zero attached hydrogens (tertiary/aromatic N) is 1. The molecule has 0 spiro atoms. The molecule has 2 heteroatoms. The molecular formula is C17H19NO. The average molecular weight is 253 g/mol. The van der Waals surface area contributed by atoms with E-state index in [9.17, 15) is 0 Å². The highest BCUT2D eigenvalue weighted by atomic mass is 16.5. The van der Waals surface area contributed by atoms with E-state index in [0.29, 0.717) is 0 Å². The Labute approximate surface area is 114 Å². The van der Waals surface area contributed by atoms with Crippen molar-refractivity contribution in [1.29, 1.82) is 0 Å². The minimum atomic E-state index is 0.885. The van der Waals surface area contributed by atoms with E-state index in [0.717, 1.165) is 12.3 Å². The topological polar surface area (TPSA) is 12.5 Å². The lowest BCUT2D eigenvalue weighted by molar-refractivity contribution is 0.415. The Balaban J connectivity index is 1.92. The maximum Gasteiger partial charge on any atom is 0.118 e. The molecule has 2 aromatic rings. The quantitative estimate of drug-likeness (QED) is 0.802. The van der Waals surface area contributed by atoms with Gasteiger partial charge in [-0.2, -0.15) is 0 Å². The van der Waals surface area contributed by atoms with Crippen molar-refractivity contribution in [2.24, 2.45) is 0 Å². The van der Waals surface area contributed by atoms with Gasteiger partial charge in [-0.15, -0.1) is 0 Å². The molecule has 0 atom stereocenters. The third-order valence-corrected chi connectivity index (χ3v) is 3.00. The molecule has 0 unspecified atom stereocenters. The summed E-state index contributed by atoms with van der Waals surface area (Å²) in [6.45, 7) is 0.885. The number of ether oxygens (including phenoxy) is 1. The molecule has 0 aromatic heterocycles. The summed E-state index contributed by atoms with van der Waals surface area (Å²) in [4.78, 5) is 2.21. The molecule has 0 saturated carbocycles. The Hall–Kier alpha value is -2.22. The summed E-state index contributed by atoms with van der Waals surface area (Å²) in [5.74, 6) is 0.888. The van der Waals surface area contributed by atoms with Crippen molar-refractivity contribution in [1.82, 2.24) is 0 Å². The predicted molar refractivity (Wildman–Crippen MR) is 81.7 cm³/mol. The number of benzene rings is 2. The summed E-state index contributed by atoms with van der Waals surface area (Å²) in [6.07, 6.45) is 4.29. The molecule has 0 saturated heterocycles. The molecule has 0 amide bonds. The molecule has 0 radical (unpaired) electrons. The first-order valence-corrected chi connectivity index (χ1v) is 6.36. The second kappa shape index (κ2) is 6.64. The molecule has 0 aliphatic heterocycles.